The van der Waals surface area contributed by atoms with Gasteiger partial charge in [-0.2, -0.15) is 0 Å². The maximum Gasteiger partial charge on any atom is 0.271 e. The van der Waals surface area contributed by atoms with Crippen molar-refractivity contribution in [3.05, 3.63) is 87.9 Å². The molecule has 7 heteroatoms. The molecule has 0 saturated carbocycles. The topological polar surface area (TPSA) is 64.1 Å². The van der Waals surface area contributed by atoms with E-state index >= 15 is 0 Å². The third-order valence-corrected chi connectivity index (χ3v) is 4.03. The zero-order valence-electron chi connectivity index (χ0n) is 13.7. The Morgan fingerprint density at radius 1 is 1.04 bits per heavy atom. The number of nitrogens with one attached hydrogen (secondary N) is 1. The Bertz CT molecular complexity index is 887. The average Bonchev–Trinajstić information content (AvgIpc) is 2.68. The molecule has 0 bridgehead atoms. The van der Waals surface area contributed by atoms with Crippen LogP contribution in [0.25, 0.3) is 0 Å². The zero-order chi connectivity index (χ0) is 18.4. The summed E-state index contributed by atoms with van der Waals surface area (Å²) in [6, 6.07) is 16.2. The fourth-order valence-electron chi connectivity index (χ4n) is 2.19. The van der Waals surface area contributed by atoms with Crippen molar-refractivity contribution in [2.24, 2.45) is 0 Å². The molecule has 3 rings (SSSR count). The number of nitrogens with zero attached hydrogens (tertiary/aromatic N) is 2. The van der Waals surface area contributed by atoms with Crippen molar-refractivity contribution in [2.75, 3.05) is 0 Å². The SMILES string of the molecule is O=C(NCc1ccc(OCc2ccccn2)cc1)c1nc(Cl)ccc1Cl. The highest BCUT2D eigenvalue weighted by Gasteiger charge is 2.12. The summed E-state index contributed by atoms with van der Waals surface area (Å²) in [5, 5.41) is 3.24. The van der Waals surface area contributed by atoms with Crippen LogP contribution in [-0.4, -0.2) is 15.9 Å². The highest BCUT2D eigenvalue weighted by Crippen LogP contribution is 2.17. The van der Waals surface area contributed by atoms with Crippen molar-refractivity contribution in [1.29, 1.82) is 0 Å². The van der Waals surface area contributed by atoms with Crippen LogP contribution in [0.4, 0.5) is 0 Å². The van der Waals surface area contributed by atoms with Crippen molar-refractivity contribution in [3.8, 4) is 5.75 Å². The molecule has 0 unspecified atom stereocenters. The maximum absolute atomic E-state index is 12.2. The quantitative estimate of drug-likeness (QED) is 0.640. The first-order valence-corrected chi connectivity index (χ1v) is 8.59. The number of rotatable bonds is 6. The van der Waals surface area contributed by atoms with Gasteiger partial charge in [0.2, 0.25) is 0 Å². The second-order valence-electron chi connectivity index (χ2n) is 5.40. The van der Waals surface area contributed by atoms with Gasteiger partial charge < -0.3 is 10.1 Å². The average molecular weight is 388 g/mol. The summed E-state index contributed by atoms with van der Waals surface area (Å²) in [7, 11) is 0. The van der Waals surface area contributed by atoms with E-state index in [-0.39, 0.29) is 21.8 Å². The molecule has 132 valence electrons. The van der Waals surface area contributed by atoms with Crippen LogP contribution < -0.4 is 10.1 Å². The van der Waals surface area contributed by atoms with E-state index in [0.29, 0.717) is 13.2 Å². The molecule has 5 nitrogen and oxygen atoms in total. The molecule has 1 amide bonds. The minimum atomic E-state index is -0.382. The van der Waals surface area contributed by atoms with Crippen LogP contribution in [0.3, 0.4) is 0 Å². The Kier molecular flexibility index (Phi) is 6.04. The molecule has 0 aliphatic rings. The molecule has 1 N–H and O–H groups in total. The van der Waals surface area contributed by atoms with E-state index in [1.54, 1.807) is 12.3 Å². The number of benzene rings is 1. The summed E-state index contributed by atoms with van der Waals surface area (Å²) in [6.45, 7) is 0.736. The van der Waals surface area contributed by atoms with Crippen LogP contribution >= 0.6 is 23.2 Å². The normalized spacial score (nSPS) is 10.4. The lowest BCUT2D eigenvalue weighted by atomic mass is 10.2. The van der Waals surface area contributed by atoms with E-state index in [9.17, 15) is 4.79 Å². The Balaban J connectivity index is 1.54. The summed E-state index contributed by atoms with van der Waals surface area (Å²) in [4.78, 5) is 20.3. The molecule has 0 saturated heterocycles. The predicted molar refractivity (Wildman–Crippen MR) is 100 cm³/mol. The van der Waals surface area contributed by atoms with Crippen LogP contribution in [0, 0.1) is 0 Å². The summed E-state index contributed by atoms with van der Waals surface area (Å²) >= 11 is 11.8. The van der Waals surface area contributed by atoms with Crippen LogP contribution in [0.2, 0.25) is 10.2 Å². The Morgan fingerprint density at radius 3 is 2.58 bits per heavy atom. The third-order valence-electron chi connectivity index (χ3n) is 3.52. The largest absolute Gasteiger partial charge is 0.487 e. The number of pyridine rings is 2. The second kappa shape index (κ2) is 8.65. The van der Waals surface area contributed by atoms with Crippen molar-refractivity contribution >= 4 is 29.1 Å². The van der Waals surface area contributed by atoms with Crippen molar-refractivity contribution < 1.29 is 9.53 Å². The van der Waals surface area contributed by atoms with Gasteiger partial charge in [-0.05, 0) is 42.0 Å². The van der Waals surface area contributed by atoms with E-state index in [4.69, 9.17) is 27.9 Å². The van der Waals surface area contributed by atoms with Crippen LogP contribution in [0.1, 0.15) is 21.7 Å². The Morgan fingerprint density at radius 2 is 1.85 bits per heavy atom. The fourth-order valence-corrected chi connectivity index (χ4v) is 2.53. The third kappa shape index (κ3) is 4.94. The molecule has 0 spiro atoms. The van der Waals surface area contributed by atoms with Gasteiger partial charge in [-0.1, -0.05) is 41.4 Å². The Hall–Kier alpha value is -2.63. The molecular weight excluding hydrogens is 373 g/mol. The van der Waals surface area contributed by atoms with Gasteiger partial charge in [0, 0.05) is 12.7 Å². The smallest absolute Gasteiger partial charge is 0.271 e. The number of halogens is 2. The first kappa shape index (κ1) is 18.2. The molecule has 2 heterocycles. The van der Waals surface area contributed by atoms with Crippen molar-refractivity contribution in [1.82, 2.24) is 15.3 Å². The van der Waals surface area contributed by atoms with Gasteiger partial charge in [0.15, 0.2) is 0 Å². The lowest BCUT2D eigenvalue weighted by Crippen LogP contribution is -2.24. The molecule has 0 radical (unpaired) electrons. The van der Waals surface area contributed by atoms with Gasteiger partial charge >= 0.3 is 0 Å². The lowest BCUT2D eigenvalue weighted by molar-refractivity contribution is 0.0946. The van der Waals surface area contributed by atoms with E-state index < -0.39 is 0 Å². The number of hydrogen-bond donors (Lipinski definition) is 1. The van der Waals surface area contributed by atoms with Gasteiger partial charge in [-0.15, -0.1) is 0 Å². The number of carbonyl (C=O) groups is 1. The fraction of sp³-hybridized carbons (Fsp3) is 0.105. The minimum absolute atomic E-state index is 0.106. The van der Waals surface area contributed by atoms with E-state index in [1.165, 1.54) is 6.07 Å². The number of amides is 1. The van der Waals surface area contributed by atoms with Gasteiger partial charge in [-0.3, -0.25) is 9.78 Å². The maximum atomic E-state index is 12.2. The minimum Gasteiger partial charge on any atom is -0.487 e. The van der Waals surface area contributed by atoms with Crippen LogP contribution in [-0.2, 0) is 13.2 Å². The van der Waals surface area contributed by atoms with Crippen molar-refractivity contribution in [2.45, 2.75) is 13.2 Å². The lowest BCUT2D eigenvalue weighted by Gasteiger charge is -2.08. The summed E-state index contributed by atoms with van der Waals surface area (Å²) in [5.41, 5.74) is 1.88. The molecule has 0 fully saturated rings. The molecular formula is C19H15Cl2N3O2. The summed E-state index contributed by atoms with van der Waals surface area (Å²) in [5.74, 6) is 0.346. The molecule has 2 aromatic heterocycles. The Labute approximate surface area is 161 Å². The van der Waals surface area contributed by atoms with Crippen LogP contribution in [0.5, 0.6) is 5.75 Å². The van der Waals surface area contributed by atoms with E-state index in [0.717, 1.165) is 17.0 Å². The first-order chi connectivity index (χ1) is 12.6. The number of ether oxygens (including phenoxy) is 1. The highest BCUT2D eigenvalue weighted by atomic mass is 35.5. The van der Waals surface area contributed by atoms with E-state index in [1.807, 2.05) is 42.5 Å². The monoisotopic (exact) mass is 387 g/mol. The predicted octanol–water partition coefficient (Wildman–Crippen LogP) is 4.29. The van der Waals surface area contributed by atoms with Crippen LogP contribution in [0.15, 0.2) is 60.8 Å². The molecule has 3 aromatic rings. The molecule has 0 aliphatic heterocycles. The highest BCUT2D eigenvalue weighted by molar-refractivity contribution is 6.34. The summed E-state index contributed by atoms with van der Waals surface area (Å²) in [6.07, 6.45) is 1.73. The first-order valence-electron chi connectivity index (χ1n) is 7.84. The standard InChI is InChI=1S/C19H15Cl2N3O2/c20-16-8-9-17(21)24-18(16)19(25)23-11-13-4-6-15(7-5-13)26-12-14-3-1-2-10-22-14/h1-10H,11-12H2,(H,23,25). The summed E-state index contributed by atoms with van der Waals surface area (Å²) < 4.78 is 5.68. The second-order valence-corrected chi connectivity index (χ2v) is 6.20. The zero-order valence-corrected chi connectivity index (χ0v) is 15.2. The molecule has 26 heavy (non-hydrogen) atoms. The number of carbonyl (C=O) groups excluding carboxylic acids is 1. The molecule has 1 aromatic carbocycles. The number of hydrogen-bond acceptors (Lipinski definition) is 4. The van der Waals surface area contributed by atoms with Gasteiger partial charge in [0.1, 0.15) is 23.2 Å². The van der Waals surface area contributed by atoms with E-state index in [2.05, 4.69) is 15.3 Å². The van der Waals surface area contributed by atoms with Gasteiger partial charge in [0.25, 0.3) is 5.91 Å². The molecule has 0 aliphatic carbocycles. The van der Waals surface area contributed by atoms with Gasteiger partial charge in [0.05, 0.1) is 10.7 Å². The van der Waals surface area contributed by atoms with Crippen molar-refractivity contribution in [3.63, 3.8) is 0 Å². The van der Waals surface area contributed by atoms with Gasteiger partial charge in [-0.25, -0.2) is 4.98 Å². The number of aromatic nitrogens is 2. The molecule has 0 atom stereocenters.